The van der Waals surface area contributed by atoms with Gasteiger partial charge in [0.15, 0.2) is 0 Å². The number of hydrogen-bond donors (Lipinski definition) is 2. The minimum atomic E-state index is -0.281. The zero-order valence-electron chi connectivity index (χ0n) is 9.64. The van der Waals surface area contributed by atoms with Crippen LogP contribution < -0.4 is 11.1 Å². The highest BCUT2D eigenvalue weighted by Crippen LogP contribution is 2.19. The lowest BCUT2D eigenvalue weighted by molar-refractivity contribution is -0.117. The summed E-state index contributed by atoms with van der Waals surface area (Å²) in [5.74, 6) is -0.281. The third-order valence-electron chi connectivity index (χ3n) is 2.51. The predicted molar refractivity (Wildman–Crippen MR) is 66.4 cm³/mol. The molecule has 0 aliphatic carbocycles. The molecule has 0 atom stereocenters. The zero-order valence-corrected chi connectivity index (χ0v) is 10.4. The van der Waals surface area contributed by atoms with Crippen LogP contribution in [0.25, 0.3) is 0 Å². The molecule has 0 bridgehead atoms. The van der Waals surface area contributed by atoms with Crippen molar-refractivity contribution in [1.82, 2.24) is 5.32 Å². The Kier molecular flexibility index (Phi) is 4.77. The van der Waals surface area contributed by atoms with Crippen molar-refractivity contribution in [2.24, 2.45) is 5.73 Å². The maximum atomic E-state index is 10.6. The number of primary amides is 1. The highest BCUT2D eigenvalue weighted by molar-refractivity contribution is 6.30. The van der Waals surface area contributed by atoms with Crippen molar-refractivity contribution in [3.05, 3.63) is 33.8 Å². The lowest BCUT2D eigenvalue weighted by Crippen LogP contribution is -2.22. The van der Waals surface area contributed by atoms with Crippen LogP contribution in [-0.2, 0) is 11.3 Å². The second kappa shape index (κ2) is 5.87. The topological polar surface area (TPSA) is 55.1 Å². The number of amides is 1. The van der Waals surface area contributed by atoms with Crippen LogP contribution in [0.2, 0.25) is 5.02 Å². The highest BCUT2D eigenvalue weighted by Gasteiger charge is 2.04. The predicted octanol–water partition coefficient (Wildman–Crippen LogP) is 1.92. The Hall–Kier alpha value is -1.06. The molecule has 0 saturated heterocycles. The molecule has 1 aromatic carbocycles. The van der Waals surface area contributed by atoms with E-state index >= 15 is 0 Å². The molecule has 0 aliphatic heterocycles. The second-order valence-electron chi connectivity index (χ2n) is 3.91. The molecular formula is C12H17ClN2O. The standard InChI is InChI=1S/C12H17ClN2O/c1-8-5-10(13)6-9(2)11(8)7-15-4-3-12(14)16/h5-6,15H,3-4,7H2,1-2H3,(H2,14,16). The molecule has 3 N–H and O–H groups in total. The summed E-state index contributed by atoms with van der Waals surface area (Å²) in [6, 6.07) is 3.89. The van der Waals surface area contributed by atoms with Crippen molar-refractivity contribution in [3.8, 4) is 0 Å². The van der Waals surface area contributed by atoms with Gasteiger partial charge in [0.05, 0.1) is 0 Å². The van der Waals surface area contributed by atoms with Crippen molar-refractivity contribution < 1.29 is 4.79 Å². The Morgan fingerprint density at radius 2 is 1.94 bits per heavy atom. The van der Waals surface area contributed by atoms with Gasteiger partial charge in [-0.25, -0.2) is 0 Å². The van der Waals surface area contributed by atoms with E-state index in [1.807, 2.05) is 26.0 Å². The van der Waals surface area contributed by atoms with Gasteiger partial charge in [0, 0.05) is 24.5 Å². The SMILES string of the molecule is Cc1cc(Cl)cc(C)c1CNCCC(N)=O. The van der Waals surface area contributed by atoms with E-state index in [2.05, 4.69) is 5.32 Å². The first-order valence-electron chi connectivity index (χ1n) is 5.25. The minimum Gasteiger partial charge on any atom is -0.370 e. The molecule has 0 aliphatic rings. The van der Waals surface area contributed by atoms with E-state index in [0.29, 0.717) is 13.0 Å². The number of nitrogens with two attached hydrogens (primary N) is 1. The smallest absolute Gasteiger partial charge is 0.218 e. The van der Waals surface area contributed by atoms with Crippen LogP contribution in [0.4, 0.5) is 0 Å². The molecule has 88 valence electrons. The molecule has 1 aromatic rings. The summed E-state index contributed by atoms with van der Waals surface area (Å²) in [4.78, 5) is 10.6. The molecule has 0 radical (unpaired) electrons. The van der Waals surface area contributed by atoms with Crippen molar-refractivity contribution in [1.29, 1.82) is 0 Å². The van der Waals surface area contributed by atoms with Gasteiger partial charge in [-0.1, -0.05) is 11.6 Å². The molecule has 0 saturated carbocycles. The third kappa shape index (κ3) is 3.83. The summed E-state index contributed by atoms with van der Waals surface area (Å²) < 4.78 is 0. The number of halogens is 1. The average Bonchev–Trinajstić information content (AvgIpc) is 2.14. The molecule has 4 heteroatoms. The molecule has 0 unspecified atom stereocenters. The Morgan fingerprint density at radius 3 is 2.44 bits per heavy atom. The zero-order chi connectivity index (χ0) is 12.1. The summed E-state index contributed by atoms with van der Waals surface area (Å²) in [7, 11) is 0. The summed E-state index contributed by atoms with van der Waals surface area (Å²) >= 11 is 5.94. The van der Waals surface area contributed by atoms with Gasteiger partial charge in [0.1, 0.15) is 0 Å². The van der Waals surface area contributed by atoms with E-state index < -0.39 is 0 Å². The third-order valence-corrected chi connectivity index (χ3v) is 2.73. The average molecular weight is 241 g/mol. The van der Waals surface area contributed by atoms with Crippen LogP contribution in [0.3, 0.4) is 0 Å². The summed E-state index contributed by atoms with van der Waals surface area (Å²) in [6.45, 7) is 5.41. The molecular weight excluding hydrogens is 224 g/mol. The number of carbonyl (C=O) groups is 1. The van der Waals surface area contributed by atoms with E-state index in [1.165, 1.54) is 5.56 Å². The van der Waals surface area contributed by atoms with Gasteiger partial charge < -0.3 is 11.1 Å². The lowest BCUT2D eigenvalue weighted by atomic mass is 10.0. The fourth-order valence-electron chi connectivity index (χ4n) is 1.64. The first-order chi connectivity index (χ1) is 7.50. The monoisotopic (exact) mass is 240 g/mol. The van der Waals surface area contributed by atoms with Crippen LogP contribution in [0, 0.1) is 13.8 Å². The fourth-order valence-corrected chi connectivity index (χ4v) is 1.97. The van der Waals surface area contributed by atoms with Crippen molar-refractivity contribution >= 4 is 17.5 Å². The summed E-state index contributed by atoms with van der Waals surface area (Å²) in [5, 5.41) is 3.95. The Balaban J connectivity index is 2.57. The van der Waals surface area contributed by atoms with Gasteiger partial charge in [0.2, 0.25) is 5.91 Å². The van der Waals surface area contributed by atoms with Gasteiger partial charge in [-0.3, -0.25) is 4.79 Å². The van der Waals surface area contributed by atoms with E-state index in [4.69, 9.17) is 17.3 Å². The van der Waals surface area contributed by atoms with E-state index in [-0.39, 0.29) is 5.91 Å². The number of nitrogens with one attached hydrogen (secondary N) is 1. The number of hydrogen-bond acceptors (Lipinski definition) is 2. The first kappa shape index (κ1) is 13.0. The van der Waals surface area contributed by atoms with Crippen molar-refractivity contribution in [3.63, 3.8) is 0 Å². The Morgan fingerprint density at radius 1 is 1.38 bits per heavy atom. The fraction of sp³-hybridized carbons (Fsp3) is 0.417. The van der Waals surface area contributed by atoms with Crippen LogP contribution >= 0.6 is 11.6 Å². The molecule has 16 heavy (non-hydrogen) atoms. The molecule has 3 nitrogen and oxygen atoms in total. The van der Waals surface area contributed by atoms with Crippen LogP contribution in [0.5, 0.6) is 0 Å². The number of benzene rings is 1. The van der Waals surface area contributed by atoms with Gasteiger partial charge in [-0.05, 0) is 42.7 Å². The van der Waals surface area contributed by atoms with E-state index in [1.54, 1.807) is 0 Å². The van der Waals surface area contributed by atoms with Crippen LogP contribution in [0.1, 0.15) is 23.1 Å². The van der Waals surface area contributed by atoms with E-state index in [9.17, 15) is 4.79 Å². The maximum absolute atomic E-state index is 10.6. The van der Waals surface area contributed by atoms with Crippen molar-refractivity contribution in [2.45, 2.75) is 26.8 Å². The Labute approximate surface area is 101 Å². The van der Waals surface area contributed by atoms with Gasteiger partial charge >= 0.3 is 0 Å². The minimum absolute atomic E-state index is 0.281. The molecule has 0 heterocycles. The number of rotatable bonds is 5. The summed E-state index contributed by atoms with van der Waals surface area (Å²) in [5.41, 5.74) is 8.61. The molecule has 1 amide bonds. The molecule has 0 spiro atoms. The number of aryl methyl sites for hydroxylation is 2. The maximum Gasteiger partial charge on any atom is 0.218 e. The second-order valence-corrected chi connectivity index (χ2v) is 4.35. The van der Waals surface area contributed by atoms with Crippen LogP contribution in [-0.4, -0.2) is 12.5 Å². The molecule has 1 rings (SSSR count). The number of carbonyl (C=O) groups excluding carboxylic acids is 1. The highest BCUT2D eigenvalue weighted by atomic mass is 35.5. The Bertz CT molecular complexity index is 368. The van der Waals surface area contributed by atoms with Gasteiger partial charge in [-0.15, -0.1) is 0 Å². The quantitative estimate of drug-likeness (QED) is 0.773. The molecule has 0 fully saturated rings. The lowest BCUT2D eigenvalue weighted by Gasteiger charge is -2.11. The van der Waals surface area contributed by atoms with Crippen LogP contribution in [0.15, 0.2) is 12.1 Å². The van der Waals surface area contributed by atoms with Gasteiger partial charge in [0.25, 0.3) is 0 Å². The normalized spacial score (nSPS) is 10.4. The van der Waals surface area contributed by atoms with Crippen molar-refractivity contribution in [2.75, 3.05) is 6.54 Å². The largest absolute Gasteiger partial charge is 0.370 e. The molecule has 0 aromatic heterocycles. The van der Waals surface area contributed by atoms with Gasteiger partial charge in [-0.2, -0.15) is 0 Å². The van der Waals surface area contributed by atoms with E-state index in [0.717, 1.165) is 22.7 Å². The first-order valence-corrected chi connectivity index (χ1v) is 5.63. The summed E-state index contributed by atoms with van der Waals surface area (Å²) in [6.07, 6.45) is 0.367.